The first-order chi connectivity index (χ1) is 10.6. The summed E-state index contributed by atoms with van der Waals surface area (Å²) in [5.74, 6) is 0.0579. The first-order valence-electron chi connectivity index (χ1n) is 7.30. The number of halogens is 1. The van der Waals surface area contributed by atoms with Crippen molar-refractivity contribution in [2.75, 3.05) is 0 Å². The fraction of sp³-hybridized carbons (Fsp3) is 0.222. The van der Waals surface area contributed by atoms with Crippen molar-refractivity contribution < 1.29 is 4.39 Å². The van der Waals surface area contributed by atoms with Crippen LogP contribution >= 0.6 is 0 Å². The van der Waals surface area contributed by atoms with E-state index in [1.54, 1.807) is 24.3 Å². The van der Waals surface area contributed by atoms with Crippen LogP contribution in [0.15, 0.2) is 53.9 Å². The van der Waals surface area contributed by atoms with Gasteiger partial charge in [-0.05, 0) is 37.6 Å². The van der Waals surface area contributed by atoms with E-state index in [4.69, 9.17) is 0 Å². The number of hydrogen-bond acceptors (Lipinski definition) is 2. The molecule has 1 heterocycles. The highest BCUT2D eigenvalue weighted by Gasteiger charge is 2.15. The number of aromatic nitrogens is 2. The molecule has 2 aromatic rings. The van der Waals surface area contributed by atoms with E-state index < -0.39 is 11.4 Å². The summed E-state index contributed by atoms with van der Waals surface area (Å²) in [6.07, 6.45) is 8.47. The smallest absolute Gasteiger partial charge is 0.268 e. The average Bonchev–Trinajstić information content (AvgIpc) is 2.50. The van der Waals surface area contributed by atoms with Crippen molar-refractivity contribution in [3.8, 4) is 0 Å². The van der Waals surface area contributed by atoms with E-state index >= 15 is 0 Å². The second-order valence-electron chi connectivity index (χ2n) is 4.87. The van der Waals surface area contributed by atoms with E-state index in [2.05, 4.69) is 11.6 Å². The van der Waals surface area contributed by atoms with Gasteiger partial charge in [0.15, 0.2) is 0 Å². The zero-order valence-electron chi connectivity index (χ0n) is 12.8. The number of rotatable bonds is 5. The van der Waals surface area contributed by atoms with Crippen LogP contribution in [0.4, 0.5) is 4.39 Å². The van der Waals surface area contributed by atoms with E-state index in [-0.39, 0.29) is 5.39 Å². The van der Waals surface area contributed by atoms with Gasteiger partial charge < -0.3 is 0 Å². The molecular weight excluding hydrogens is 279 g/mol. The molecule has 0 aliphatic carbocycles. The van der Waals surface area contributed by atoms with Crippen molar-refractivity contribution in [2.24, 2.45) is 0 Å². The minimum Gasteiger partial charge on any atom is -0.268 e. The predicted octanol–water partition coefficient (Wildman–Crippen LogP) is 4.09. The molecule has 0 atom stereocenters. The standard InChI is InChI=1S/C18H19FN2O/c1-4-7-10-13(6-3)21-16(9-5-2)20-15-12-8-11-14(19)17(15)18(21)22/h4,6-8,10-12H,3,5,9H2,1-2H3/b7-4-,13-10+. The molecule has 0 fully saturated rings. The predicted molar refractivity (Wildman–Crippen MR) is 89.2 cm³/mol. The highest BCUT2D eigenvalue weighted by Crippen LogP contribution is 2.16. The highest BCUT2D eigenvalue weighted by molar-refractivity contribution is 5.79. The van der Waals surface area contributed by atoms with E-state index in [9.17, 15) is 9.18 Å². The van der Waals surface area contributed by atoms with Crippen molar-refractivity contribution in [2.45, 2.75) is 26.7 Å². The summed E-state index contributed by atoms with van der Waals surface area (Å²) in [7, 11) is 0. The molecule has 0 saturated heterocycles. The van der Waals surface area contributed by atoms with E-state index in [1.807, 2.05) is 26.0 Å². The van der Waals surface area contributed by atoms with Crippen LogP contribution in [0.1, 0.15) is 26.1 Å². The lowest BCUT2D eigenvalue weighted by atomic mass is 10.2. The molecule has 3 nitrogen and oxygen atoms in total. The Labute approximate surface area is 129 Å². The van der Waals surface area contributed by atoms with Crippen LogP contribution in [0.3, 0.4) is 0 Å². The number of aryl methyl sites for hydroxylation is 1. The van der Waals surface area contributed by atoms with Gasteiger partial charge in [0.1, 0.15) is 17.0 Å². The normalized spacial score (nSPS) is 12.2. The summed E-state index contributed by atoms with van der Waals surface area (Å²) in [6, 6.07) is 4.50. The first kappa shape index (κ1) is 15.9. The molecule has 0 N–H and O–H groups in total. The molecule has 22 heavy (non-hydrogen) atoms. The number of hydrogen-bond donors (Lipinski definition) is 0. The molecule has 0 saturated carbocycles. The molecular formula is C18H19FN2O. The summed E-state index contributed by atoms with van der Waals surface area (Å²) in [6.45, 7) is 7.64. The van der Waals surface area contributed by atoms with Gasteiger partial charge in [-0.15, -0.1) is 0 Å². The van der Waals surface area contributed by atoms with E-state index in [1.165, 1.54) is 10.6 Å². The molecule has 0 aliphatic heterocycles. The molecule has 1 aromatic heterocycles. The highest BCUT2D eigenvalue weighted by atomic mass is 19.1. The topological polar surface area (TPSA) is 34.9 Å². The lowest BCUT2D eigenvalue weighted by molar-refractivity contribution is 0.636. The Morgan fingerprint density at radius 3 is 2.86 bits per heavy atom. The number of fused-ring (bicyclic) bond motifs is 1. The third-order valence-electron chi connectivity index (χ3n) is 3.32. The lowest BCUT2D eigenvalue weighted by Gasteiger charge is -2.14. The summed E-state index contributed by atoms with van der Waals surface area (Å²) >= 11 is 0. The van der Waals surface area contributed by atoms with Gasteiger partial charge in [-0.2, -0.15) is 0 Å². The van der Waals surface area contributed by atoms with Gasteiger partial charge in [0.05, 0.1) is 5.52 Å². The van der Waals surface area contributed by atoms with Gasteiger partial charge in [0.25, 0.3) is 5.56 Å². The van der Waals surface area contributed by atoms with Crippen molar-refractivity contribution in [3.63, 3.8) is 0 Å². The van der Waals surface area contributed by atoms with Gasteiger partial charge >= 0.3 is 0 Å². The fourth-order valence-corrected chi connectivity index (χ4v) is 2.32. The molecule has 0 radical (unpaired) electrons. The summed E-state index contributed by atoms with van der Waals surface area (Å²) in [5, 5.41) is 0.00980. The summed E-state index contributed by atoms with van der Waals surface area (Å²) < 4.78 is 15.5. The molecule has 0 spiro atoms. The number of nitrogens with zero attached hydrogens (tertiary/aromatic N) is 2. The maximum absolute atomic E-state index is 14.1. The van der Waals surface area contributed by atoms with Crippen molar-refractivity contribution in [1.29, 1.82) is 0 Å². The Balaban J connectivity index is 2.88. The molecule has 0 unspecified atom stereocenters. The Hall–Kier alpha value is -2.49. The van der Waals surface area contributed by atoms with Crippen LogP contribution in [0.5, 0.6) is 0 Å². The van der Waals surface area contributed by atoms with Gasteiger partial charge in [-0.3, -0.25) is 9.36 Å². The number of allylic oxidation sites excluding steroid dienone is 5. The van der Waals surface area contributed by atoms with Gasteiger partial charge in [-0.25, -0.2) is 9.37 Å². The second-order valence-corrected chi connectivity index (χ2v) is 4.87. The van der Waals surface area contributed by atoms with E-state index in [0.29, 0.717) is 23.5 Å². The Bertz CT molecular complexity index is 816. The zero-order valence-corrected chi connectivity index (χ0v) is 12.8. The Morgan fingerprint density at radius 2 is 2.23 bits per heavy atom. The summed E-state index contributed by atoms with van der Waals surface area (Å²) in [4.78, 5) is 17.3. The molecule has 4 heteroatoms. The van der Waals surface area contributed by atoms with Gasteiger partial charge in [0.2, 0.25) is 0 Å². The van der Waals surface area contributed by atoms with Crippen LogP contribution in [-0.4, -0.2) is 9.55 Å². The van der Waals surface area contributed by atoms with Crippen LogP contribution in [0.25, 0.3) is 16.6 Å². The SMILES string of the molecule is C=C/C(=C\C=C/C)n1c(CCC)nc2cccc(F)c2c1=O. The monoisotopic (exact) mass is 298 g/mol. The molecule has 2 rings (SSSR count). The lowest BCUT2D eigenvalue weighted by Crippen LogP contribution is -2.25. The fourth-order valence-electron chi connectivity index (χ4n) is 2.32. The minimum absolute atomic E-state index is 0.00980. The molecule has 114 valence electrons. The van der Waals surface area contributed by atoms with Gasteiger partial charge in [-0.1, -0.05) is 31.7 Å². The maximum Gasteiger partial charge on any atom is 0.268 e. The van der Waals surface area contributed by atoms with Crippen LogP contribution < -0.4 is 5.56 Å². The van der Waals surface area contributed by atoms with E-state index in [0.717, 1.165) is 6.42 Å². The van der Waals surface area contributed by atoms with Crippen LogP contribution in [0, 0.1) is 5.82 Å². The third kappa shape index (κ3) is 2.91. The van der Waals surface area contributed by atoms with Crippen molar-refractivity contribution >= 4 is 16.6 Å². The van der Waals surface area contributed by atoms with Crippen molar-refractivity contribution in [1.82, 2.24) is 9.55 Å². The Morgan fingerprint density at radius 1 is 1.45 bits per heavy atom. The van der Waals surface area contributed by atoms with Crippen LogP contribution in [0.2, 0.25) is 0 Å². The molecule has 0 amide bonds. The number of benzene rings is 1. The third-order valence-corrected chi connectivity index (χ3v) is 3.32. The van der Waals surface area contributed by atoms with Crippen LogP contribution in [-0.2, 0) is 6.42 Å². The largest absolute Gasteiger partial charge is 0.268 e. The van der Waals surface area contributed by atoms with Gasteiger partial charge in [0, 0.05) is 12.1 Å². The first-order valence-corrected chi connectivity index (χ1v) is 7.30. The summed E-state index contributed by atoms with van der Waals surface area (Å²) in [5.41, 5.74) is 0.575. The second kappa shape index (κ2) is 6.98. The molecule has 1 aromatic carbocycles. The van der Waals surface area contributed by atoms with Crippen molar-refractivity contribution in [3.05, 3.63) is 71.1 Å². The minimum atomic E-state index is -0.554. The quantitative estimate of drug-likeness (QED) is 0.779. The Kier molecular flexibility index (Phi) is 5.04. The molecule has 0 bridgehead atoms. The maximum atomic E-state index is 14.1. The molecule has 0 aliphatic rings. The average molecular weight is 298 g/mol. The zero-order chi connectivity index (χ0) is 16.1.